The third-order valence-corrected chi connectivity index (χ3v) is 3.25. The van der Waals surface area contributed by atoms with Crippen molar-refractivity contribution in [3.8, 4) is 0 Å². The molecule has 0 aliphatic heterocycles. The fourth-order valence-corrected chi connectivity index (χ4v) is 1.70. The van der Waals surface area contributed by atoms with E-state index in [1.807, 2.05) is 6.92 Å². The molecule has 0 spiro atoms. The average molecular weight is 252 g/mol. The molecule has 0 fully saturated rings. The molecule has 0 aromatic carbocycles. The van der Waals surface area contributed by atoms with Crippen molar-refractivity contribution >= 4 is 11.9 Å². The standard InChI is InChI=1S/C13H20N2O3/c1-4-9(2)10(3)14-12(16)8-15-7-5-6-11(15)13(17)18/h5-7,9-10H,4,8H2,1-3H3,(H,14,16)(H,17,18). The number of hydrogen-bond donors (Lipinski definition) is 2. The molecule has 0 bridgehead atoms. The van der Waals surface area contributed by atoms with Crippen molar-refractivity contribution < 1.29 is 14.7 Å². The van der Waals surface area contributed by atoms with Crippen molar-refractivity contribution in [1.82, 2.24) is 9.88 Å². The smallest absolute Gasteiger partial charge is 0.352 e. The molecule has 5 nitrogen and oxygen atoms in total. The fourth-order valence-electron chi connectivity index (χ4n) is 1.70. The van der Waals surface area contributed by atoms with Crippen molar-refractivity contribution in [3.05, 3.63) is 24.0 Å². The quantitative estimate of drug-likeness (QED) is 0.810. The summed E-state index contributed by atoms with van der Waals surface area (Å²) in [4.78, 5) is 22.7. The Morgan fingerprint density at radius 1 is 1.44 bits per heavy atom. The molecule has 1 aromatic heterocycles. The Morgan fingerprint density at radius 3 is 2.67 bits per heavy atom. The maximum Gasteiger partial charge on any atom is 0.352 e. The molecule has 2 N–H and O–H groups in total. The minimum atomic E-state index is -1.03. The Bertz CT molecular complexity index is 426. The van der Waals surface area contributed by atoms with Gasteiger partial charge in [-0.2, -0.15) is 0 Å². The van der Waals surface area contributed by atoms with Gasteiger partial charge in [-0.05, 0) is 25.0 Å². The van der Waals surface area contributed by atoms with Crippen molar-refractivity contribution in [1.29, 1.82) is 0 Å². The highest BCUT2D eigenvalue weighted by atomic mass is 16.4. The first-order valence-electron chi connectivity index (χ1n) is 6.13. The largest absolute Gasteiger partial charge is 0.477 e. The maximum atomic E-state index is 11.8. The number of aromatic nitrogens is 1. The van der Waals surface area contributed by atoms with Gasteiger partial charge in [-0.1, -0.05) is 20.3 Å². The van der Waals surface area contributed by atoms with Gasteiger partial charge in [-0.25, -0.2) is 4.79 Å². The predicted octanol–water partition coefficient (Wildman–Crippen LogP) is 1.74. The van der Waals surface area contributed by atoms with E-state index in [-0.39, 0.29) is 24.2 Å². The van der Waals surface area contributed by atoms with Crippen molar-refractivity contribution in [3.63, 3.8) is 0 Å². The summed E-state index contributed by atoms with van der Waals surface area (Å²) >= 11 is 0. The summed E-state index contributed by atoms with van der Waals surface area (Å²) in [5.74, 6) is -0.790. The van der Waals surface area contributed by atoms with Crippen LogP contribution in [0, 0.1) is 5.92 Å². The summed E-state index contributed by atoms with van der Waals surface area (Å²) in [5.41, 5.74) is 0.126. The highest BCUT2D eigenvalue weighted by Gasteiger charge is 2.15. The summed E-state index contributed by atoms with van der Waals surface area (Å²) in [6, 6.07) is 3.19. The van der Waals surface area contributed by atoms with Crippen LogP contribution in [0.25, 0.3) is 0 Å². The molecule has 2 atom stereocenters. The first-order valence-corrected chi connectivity index (χ1v) is 6.13. The van der Waals surface area contributed by atoms with E-state index in [0.717, 1.165) is 6.42 Å². The lowest BCUT2D eigenvalue weighted by Gasteiger charge is -2.20. The number of hydrogen-bond acceptors (Lipinski definition) is 2. The van der Waals surface area contributed by atoms with Crippen LogP contribution in [0.5, 0.6) is 0 Å². The van der Waals surface area contributed by atoms with Gasteiger partial charge in [0.05, 0.1) is 0 Å². The van der Waals surface area contributed by atoms with Crippen LogP contribution >= 0.6 is 0 Å². The number of carboxylic acid groups (broad SMARTS) is 1. The number of carboxylic acids is 1. The van der Waals surface area contributed by atoms with Crippen LogP contribution in [-0.4, -0.2) is 27.6 Å². The second-order valence-corrected chi connectivity index (χ2v) is 4.57. The summed E-state index contributed by atoms with van der Waals surface area (Å²) in [6.45, 7) is 6.14. The number of rotatable bonds is 6. The number of nitrogens with zero attached hydrogens (tertiary/aromatic N) is 1. The van der Waals surface area contributed by atoms with E-state index in [2.05, 4.69) is 19.2 Å². The van der Waals surface area contributed by atoms with E-state index in [1.54, 1.807) is 12.3 Å². The highest BCUT2D eigenvalue weighted by Crippen LogP contribution is 2.07. The molecule has 18 heavy (non-hydrogen) atoms. The topological polar surface area (TPSA) is 71.3 Å². The zero-order valence-corrected chi connectivity index (χ0v) is 11.0. The Labute approximate surface area is 107 Å². The maximum absolute atomic E-state index is 11.8. The number of carbonyl (C=O) groups excluding carboxylic acids is 1. The Kier molecular flexibility index (Phi) is 4.95. The third-order valence-electron chi connectivity index (χ3n) is 3.25. The zero-order valence-electron chi connectivity index (χ0n) is 11.0. The second kappa shape index (κ2) is 6.23. The average Bonchev–Trinajstić information content (AvgIpc) is 2.75. The molecule has 0 aliphatic carbocycles. The first kappa shape index (κ1) is 14.3. The summed E-state index contributed by atoms with van der Waals surface area (Å²) in [5, 5.41) is 11.8. The van der Waals surface area contributed by atoms with E-state index in [9.17, 15) is 9.59 Å². The lowest BCUT2D eigenvalue weighted by molar-refractivity contribution is -0.122. The fraction of sp³-hybridized carbons (Fsp3) is 0.538. The van der Waals surface area contributed by atoms with Crippen LogP contribution in [0.1, 0.15) is 37.7 Å². The van der Waals surface area contributed by atoms with Crippen molar-refractivity contribution in [2.75, 3.05) is 0 Å². The van der Waals surface area contributed by atoms with Gasteiger partial charge in [0.1, 0.15) is 12.2 Å². The van der Waals surface area contributed by atoms with Gasteiger partial charge in [0.15, 0.2) is 0 Å². The molecule has 0 radical (unpaired) electrons. The van der Waals surface area contributed by atoms with Crippen LogP contribution in [0.3, 0.4) is 0 Å². The van der Waals surface area contributed by atoms with Crippen LogP contribution in [-0.2, 0) is 11.3 Å². The van der Waals surface area contributed by atoms with Crippen LogP contribution in [0.4, 0.5) is 0 Å². The van der Waals surface area contributed by atoms with E-state index >= 15 is 0 Å². The number of nitrogens with one attached hydrogen (secondary N) is 1. The molecule has 0 saturated carbocycles. The monoisotopic (exact) mass is 252 g/mol. The van der Waals surface area contributed by atoms with Crippen LogP contribution in [0.2, 0.25) is 0 Å². The molecule has 1 aromatic rings. The van der Waals surface area contributed by atoms with Crippen LogP contribution in [0.15, 0.2) is 18.3 Å². The van der Waals surface area contributed by atoms with Gasteiger partial charge in [-0.15, -0.1) is 0 Å². The molecule has 0 saturated heterocycles. The molecular formula is C13H20N2O3. The normalized spacial score (nSPS) is 13.9. The Balaban J connectivity index is 2.60. The van der Waals surface area contributed by atoms with E-state index in [4.69, 9.17) is 5.11 Å². The van der Waals surface area contributed by atoms with E-state index < -0.39 is 5.97 Å². The number of amides is 1. The molecule has 2 unspecified atom stereocenters. The highest BCUT2D eigenvalue weighted by molar-refractivity contribution is 5.86. The van der Waals surface area contributed by atoms with Gasteiger partial charge in [-0.3, -0.25) is 4.79 Å². The predicted molar refractivity (Wildman–Crippen MR) is 68.5 cm³/mol. The molecule has 0 aliphatic rings. The first-order chi connectivity index (χ1) is 8.45. The third kappa shape index (κ3) is 3.61. The van der Waals surface area contributed by atoms with E-state index in [1.165, 1.54) is 10.6 Å². The van der Waals surface area contributed by atoms with Crippen LogP contribution < -0.4 is 5.32 Å². The summed E-state index contributed by atoms with van der Waals surface area (Å²) in [7, 11) is 0. The molecule has 1 rings (SSSR count). The minimum Gasteiger partial charge on any atom is -0.477 e. The minimum absolute atomic E-state index is 0.0371. The van der Waals surface area contributed by atoms with Crippen molar-refractivity contribution in [2.45, 2.75) is 39.8 Å². The van der Waals surface area contributed by atoms with E-state index in [0.29, 0.717) is 5.92 Å². The second-order valence-electron chi connectivity index (χ2n) is 4.57. The van der Waals surface area contributed by atoms with Gasteiger partial charge >= 0.3 is 5.97 Å². The molecule has 1 heterocycles. The summed E-state index contributed by atoms with van der Waals surface area (Å²) < 4.78 is 1.43. The lowest BCUT2D eigenvalue weighted by atomic mass is 10.0. The molecule has 1 amide bonds. The van der Waals surface area contributed by atoms with Gasteiger partial charge in [0.25, 0.3) is 0 Å². The molecule has 5 heteroatoms. The molecule has 100 valence electrons. The van der Waals surface area contributed by atoms with Gasteiger partial charge in [0, 0.05) is 12.2 Å². The number of aromatic carboxylic acids is 1. The summed E-state index contributed by atoms with van der Waals surface area (Å²) in [6.07, 6.45) is 2.59. The van der Waals surface area contributed by atoms with Gasteiger partial charge in [0.2, 0.25) is 5.91 Å². The zero-order chi connectivity index (χ0) is 13.7. The molecular weight excluding hydrogens is 232 g/mol. The number of carbonyl (C=O) groups is 2. The Hall–Kier alpha value is -1.78. The lowest BCUT2D eigenvalue weighted by Crippen LogP contribution is -2.39. The Morgan fingerprint density at radius 2 is 2.11 bits per heavy atom. The SMILES string of the molecule is CCC(C)C(C)NC(=O)Cn1cccc1C(=O)O. The van der Waals surface area contributed by atoms with Gasteiger partial charge < -0.3 is 15.0 Å². The van der Waals surface area contributed by atoms with Crippen molar-refractivity contribution in [2.24, 2.45) is 5.92 Å².